The van der Waals surface area contributed by atoms with E-state index >= 15 is 0 Å². The van der Waals surface area contributed by atoms with Crippen molar-refractivity contribution in [1.29, 1.82) is 5.26 Å². The summed E-state index contributed by atoms with van der Waals surface area (Å²) in [7, 11) is 0. The van der Waals surface area contributed by atoms with Crippen LogP contribution in [0.2, 0.25) is 5.02 Å². The molecule has 6 nitrogen and oxygen atoms in total. The van der Waals surface area contributed by atoms with Crippen LogP contribution in [0.3, 0.4) is 0 Å². The van der Waals surface area contributed by atoms with Crippen LogP contribution in [-0.2, 0) is 4.79 Å². The maximum Gasteiger partial charge on any atom is 0.228 e. The summed E-state index contributed by atoms with van der Waals surface area (Å²) in [5, 5.41) is 21.0. The number of carbonyl (C=O) groups excluding carboxylic acids is 1. The number of H-pyrrole nitrogens is 1. The first kappa shape index (κ1) is 22.3. The first-order chi connectivity index (χ1) is 15.6. The SMILES string of the molecule is CCCCCN1CCC(C(=O)Nc2n[nH]c3ccc(-c4cc(C#N)ccc4Cl)cc23)CC1. The molecule has 0 saturated carbocycles. The van der Waals surface area contributed by atoms with Gasteiger partial charge in [-0.05, 0) is 74.8 Å². The number of piperidine rings is 1. The van der Waals surface area contributed by atoms with Gasteiger partial charge >= 0.3 is 0 Å². The molecule has 2 heterocycles. The molecule has 4 rings (SSSR count). The van der Waals surface area contributed by atoms with E-state index in [-0.39, 0.29) is 11.8 Å². The quantitative estimate of drug-likeness (QED) is 0.460. The Hall–Kier alpha value is -2.88. The minimum Gasteiger partial charge on any atom is -0.308 e. The van der Waals surface area contributed by atoms with Gasteiger partial charge in [0.15, 0.2) is 5.82 Å². The molecule has 0 unspecified atom stereocenters. The Morgan fingerprint density at radius 2 is 2.06 bits per heavy atom. The van der Waals surface area contributed by atoms with Crippen molar-refractivity contribution in [3.8, 4) is 17.2 Å². The molecule has 0 bridgehead atoms. The molecule has 1 amide bonds. The maximum atomic E-state index is 12.9. The fourth-order valence-corrected chi connectivity index (χ4v) is 4.54. The molecule has 32 heavy (non-hydrogen) atoms. The number of hydrogen-bond donors (Lipinski definition) is 2. The molecular weight excluding hydrogens is 422 g/mol. The molecule has 1 fully saturated rings. The number of unbranched alkanes of at least 4 members (excludes halogenated alkanes) is 2. The highest BCUT2D eigenvalue weighted by Gasteiger charge is 2.25. The molecule has 1 aliphatic rings. The number of fused-ring (bicyclic) bond motifs is 1. The summed E-state index contributed by atoms with van der Waals surface area (Å²) in [6.07, 6.45) is 5.48. The summed E-state index contributed by atoms with van der Waals surface area (Å²) in [6, 6.07) is 13.1. The van der Waals surface area contributed by atoms with Crippen molar-refractivity contribution in [3.05, 3.63) is 47.0 Å². The summed E-state index contributed by atoms with van der Waals surface area (Å²) in [4.78, 5) is 15.4. The Morgan fingerprint density at radius 3 is 2.81 bits per heavy atom. The van der Waals surface area contributed by atoms with Crippen LogP contribution in [0.15, 0.2) is 36.4 Å². The third kappa shape index (κ3) is 4.95. The van der Waals surface area contributed by atoms with E-state index in [0.717, 1.165) is 54.5 Å². The van der Waals surface area contributed by atoms with Crippen molar-refractivity contribution >= 4 is 34.2 Å². The molecule has 2 aromatic carbocycles. The van der Waals surface area contributed by atoms with Gasteiger partial charge in [0.05, 0.1) is 17.1 Å². The standard InChI is InChI=1S/C25H28ClN5O/c1-2-3-4-11-31-12-9-18(10-13-31)25(32)28-24-21-15-19(6-8-23(21)29-30-24)20-14-17(16-27)5-7-22(20)26/h5-8,14-15,18H,2-4,9-13H2,1H3,(H2,28,29,30,32). The number of nitrogens with one attached hydrogen (secondary N) is 2. The number of carbonyl (C=O) groups is 1. The fraction of sp³-hybridized carbons (Fsp3) is 0.400. The molecule has 3 aromatic rings. The lowest BCUT2D eigenvalue weighted by atomic mass is 9.95. The lowest BCUT2D eigenvalue weighted by Crippen LogP contribution is -2.38. The van der Waals surface area contributed by atoms with Crippen molar-refractivity contribution in [2.45, 2.75) is 39.0 Å². The lowest BCUT2D eigenvalue weighted by molar-refractivity contribution is -0.121. The van der Waals surface area contributed by atoms with Gasteiger partial charge in [-0.15, -0.1) is 0 Å². The summed E-state index contributed by atoms with van der Waals surface area (Å²) in [5.41, 5.74) is 3.03. The number of amides is 1. The van der Waals surface area contributed by atoms with Crippen LogP contribution in [0.25, 0.3) is 22.0 Å². The van der Waals surface area contributed by atoms with Gasteiger partial charge in [0, 0.05) is 21.9 Å². The van der Waals surface area contributed by atoms with Crippen molar-refractivity contribution in [2.75, 3.05) is 25.0 Å². The third-order valence-corrected chi connectivity index (χ3v) is 6.58. The number of anilines is 1. The van der Waals surface area contributed by atoms with E-state index in [1.165, 1.54) is 19.3 Å². The van der Waals surface area contributed by atoms with Gasteiger partial charge in [-0.3, -0.25) is 9.89 Å². The summed E-state index contributed by atoms with van der Waals surface area (Å²) >= 11 is 6.38. The third-order valence-electron chi connectivity index (χ3n) is 6.25. The highest BCUT2D eigenvalue weighted by molar-refractivity contribution is 6.33. The average molecular weight is 450 g/mol. The van der Waals surface area contributed by atoms with Crippen molar-refractivity contribution < 1.29 is 4.79 Å². The number of rotatable bonds is 7. The normalized spacial score (nSPS) is 15.0. The van der Waals surface area contributed by atoms with Crippen molar-refractivity contribution in [2.24, 2.45) is 5.92 Å². The molecule has 0 spiro atoms. The van der Waals surface area contributed by atoms with E-state index in [1.807, 2.05) is 18.2 Å². The molecule has 166 valence electrons. The highest BCUT2D eigenvalue weighted by atomic mass is 35.5. The summed E-state index contributed by atoms with van der Waals surface area (Å²) in [6.45, 7) is 5.29. The van der Waals surface area contributed by atoms with E-state index in [4.69, 9.17) is 11.6 Å². The number of likely N-dealkylation sites (tertiary alicyclic amines) is 1. The average Bonchev–Trinajstić information content (AvgIpc) is 3.22. The van der Waals surface area contributed by atoms with Crippen LogP contribution in [0, 0.1) is 17.2 Å². The zero-order chi connectivity index (χ0) is 22.5. The highest BCUT2D eigenvalue weighted by Crippen LogP contribution is 2.33. The number of nitrogens with zero attached hydrogens (tertiary/aromatic N) is 3. The number of aromatic nitrogens is 2. The second kappa shape index (κ2) is 10.2. The number of nitriles is 1. The van der Waals surface area contributed by atoms with E-state index in [9.17, 15) is 10.1 Å². The first-order valence-corrected chi connectivity index (χ1v) is 11.7. The first-order valence-electron chi connectivity index (χ1n) is 11.3. The molecule has 7 heteroatoms. The van der Waals surface area contributed by atoms with E-state index < -0.39 is 0 Å². The smallest absolute Gasteiger partial charge is 0.228 e. The second-order valence-corrected chi connectivity index (χ2v) is 8.86. The molecule has 0 radical (unpaired) electrons. The van der Waals surface area contributed by atoms with Crippen LogP contribution in [-0.4, -0.2) is 40.6 Å². The summed E-state index contributed by atoms with van der Waals surface area (Å²) in [5.74, 6) is 0.570. The van der Waals surface area contributed by atoms with Crippen LogP contribution in [0.5, 0.6) is 0 Å². The van der Waals surface area contributed by atoms with Crippen LogP contribution in [0.4, 0.5) is 5.82 Å². The van der Waals surface area contributed by atoms with E-state index in [2.05, 4.69) is 33.4 Å². The molecular formula is C25H28ClN5O. The molecule has 2 N–H and O–H groups in total. The molecule has 0 aliphatic carbocycles. The topological polar surface area (TPSA) is 84.8 Å². The Balaban J connectivity index is 1.47. The Morgan fingerprint density at radius 1 is 1.25 bits per heavy atom. The number of aromatic amines is 1. The fourth-order valence-electron chi connectivity index (χ4n) is 4.32. The number of hydrogen-bond acceptors (Lipinski definition) is 4. The van der Waals surface area contributed by atoms with Crippen molar-refractivity contribution in [3.63, 3.8) is 0 Å². The predicted octanol–water partition coefficient (Wildman–Crippen LogP) is 5.60. The van der Waals surface area contributed by atoms with Crippen LogP contribution >= 0.6 is 11.6 Å². The molecule has 1 aliphatic heterocycles. The Kier molecular flexibility index (Phi) is 7.09. The van der Waals surface area contributed by atoms with Gasteiger partial charge < -0.3 is 10.2 Å². The maximum absolute atomic E-state index is 12.9. The minimum atomic E-state index is 0.00844. The molecule has 0 atom stereocenters. The van der Waals surface area contributed by atoms with Crippen LogP contribution < -0.4 is 5.32 Å². The number of benzene rings is 2. The zero-order valence-corrected chi connectivity index (χ0v) is 19.1. The van der Waals surface area contributed by atoms with Crippen molar-refractivity contribution in [1.82, 2.24) is 15.1 Å². The largest absolute Gasteiger partial charge is 0.308 e. The minimum absolute atomic E-state index is 0.00844. The number of halogens is 1. The van der Waals surface area contributed by atoms with Gasteiger partial charge in [0.25, 0.3) is 0 Å². The Labute approximate surface area is 193 Å². The van der Waals surface area contributed by atoms with Gasteiger partial charge in [-0.1, -0.05) is 37.4 Å². The van der Waals surface area contributed by atoms with E-state index in [1.54, 1.807) is 18.2 Å². The van der Waals surface area contributed by atoms with Gasteiger partial charge in [0.1, 0.15) is 0 Å². The molecule has 1 saturated heterocycles. The van der Waals surface area contributed by atoms with Gasteiger partial charge in [-0.2, -0.15) is 10.4 Å². The Bertz CT molecular complexity index is 1140. The predicted molar refractivity (Wildman–Crippen MR) is 129 cm³/mol. The van der Waals surface area contributed by atoms with Crippen LogP contribution in [0.1, 0.15) is 44.6 Å². The lowest BCUT2D eigenvalue weighted by Gasteiger charge is -2.31. The van der Waals surface area contributed by atoms with Gasteiger partial charge in [-0.25, -0.2) is 0 Å². The van der Waals surface area contributed by atoms with Gasteiger partial charge in [0.2, 0.25) is 5.91 Å². The second-order valence-electron chi connectivity index (χ2n) is 8.45. The molecule has 1 aromatic heterocycles. The summed E-state index contributed by atoms with van der Waals surface area (Å²) < 4.78 is 0. The van der Waals surface area contributed by atoms with E-state index in [0.29, 0.717) is 16.4 Å². The monoisotopic (exact) mass is 449 g/mol. The zero-order valence-electron chi connectivity index (χ0n) is 18.3.